The molecule has 116 valence electrons. The lowest BCUT2D eigenvalue weighted by Crippen LogP contribution is -2.34. The smallest absolute Gasteiger partial charge is 0.227 e. The van der Waals surface area contributed by atoms with Gasteiger partial charge in [0.2, 0.25) is 5.91 Å². The summed E-state index contributed by atoms with van der Waals surface area (Å²) < 4.78 is 5.57. The van der Waals surface area contributed by atoms with Gasteiger partial charge in [0.15, 0.2) is 0 Å². The average molecular weight is 311 g/mol. The number of amides is 1. The highest BCUT2D eigenvalue weighted by molar-refractivity contribution is 6.32. The minimum Gasteiger partial charge on any atom is -0.489 e. The average Bonchev–Trinajstić information content (AvgIpc) is 2.41. The van der Waals surface area contributed by atoms with Crippen molar-refractivity contribution < 1.29 is 9.53 Å². The number of ether oxygens (including phenoxy) is 1. The maximum absolute atomic E-state index is 12.2. The molecule has 0 spiro atoms. The molecule has 2 atom stereocenters. The molecule has 1 amide bonds. The van der Waals surface area contributed by atoms with E-state index >= 15 is 0 Å². The molecule has 0 aliphatic heterocycles. The largest absolute Gasteiger partial charge is 0.489 e. The number of anilines is 1. The third-order valence-corrected chi connectivity index (χ3v) is 3.94. The van der Waals surface area contributed by atoms with Gasteiger partial charge in [-0.1, -0.05) is 18.0 Å². The van der Waals surface area contributed by atoms with E-state index in [1.165, 1.54) is 0 Å². The Balaban J connectivity index is 1.99. The molecule has 1 aliphatic rings. The van der Waals surface area contributed by atoms with Crippen molar-refractivity contribution in [3.63, 3.8) is 0 Å². The van der Waals surface area contributed by atoms with Gasteiger partial charge in [0.1, 0.15) is 5.75 Å². The molecule has 1 aromatic rings. The van der Waals surface area contributed by atoms with Crippen LogP contribution in [0, 0.1) is 5.92 Å². The third-order valence-electron chi connectivity index (χ3n) is 3.65. The third kappa shape index (κ3) is 4.61. The molecule has 4 nitrogen and oxygen atoms in total. The van der Waals surface area contributed by atoms with Crippen molar-refractivity contribution in [3.05, 3.63) is 23.2 Å². The Bertz CT molecular complexity index is 505. The summed E-state index contributed by atoms with van der Waals surface area (Å²) >= 11 is 6.17. The van der Waals surface area contributed by atoms with Crippen molar-refractivity contribution in [3.8, 4) is 5.75 Å². The second-order valence-corrected chi connectivity index (χ2v) is 6.33. The van der Waals surface area contributed by atoms with Crippen LogP contribution in [-0.4, -0.2) is 18.1 Å². The lowest BCUT2D eigenvalue weighted by Gasteiger charge is -2.25. The van der Waals surface area contributed by atoms with E-state index in [9.17, 15) is 4.79 Å². The molecule has 0 radical (unpaired) electrons. The predicted octanol–water partition coefficient (Wildman–Crippen LogP) is 3.58. The zero-order valence-electron chi connectivity index (χ0n) is 12.6. The molecular formula is C16H23ClN2O2. The van der Waals surface area contributed by atoms with Crippen LogP contribution in [0.4, 0.5) is 5.69 Å². The van der Waals surface area contributed by atoms with E-state index in [4.69, 9.17) is 22.1 Å². The first-order chi connectivity index (χ1) is 9.95. The molecule has 0 aromatic heterocycles. The van der Waals surface area contributed by atoms with Gasteiger partial charge in [0.05, 0.1) is 11.1 Å². The van der Waals surface area contributed by atoms with Crippen molar-refractivity contribution in [2.24, 2.45) is 11.7 Å². The first-order valence-electron chi connectivity index (χ1n) is 7.48. The van der Waals surface area contributed by atoms with E-state index in [2.05, 4.69) is 5.32 Å². The lowest BCUT2D eigenvalue weighted by molar-refractivity contribution is -0.120. The summed E-state index contributed by atoms with van der Waals surface area (Å²) in [7, 11) is 0. The maximum Gasteiger partial charge on any atom is 0.227 e. The van der Waals surface area contributed by atoms with Crippen LogP contribution in [0.15, 0.2) is 18.2 Å². The van der Waals surface area contributed by atoms with Gasteiger partial charge in [-0.3, -0.25) is 4.79 Å². The zero-order valence-corrected chi connectivity index (χ0v) is 13.3. The van der Waals surface area contributed by atoms with Gasteiger partial charge in [-0.2, -0.15) is 0 Å². The predicted molar refractivity (Wildman–Crippen MR) is 85.8 cm³/mol. The minimum atomic E-state index is -0.000818. The van der Waals surface area contributed by atoms with Crippen LogP contribution in [0.1, 0.15) is 39.5 Å². The minimum absolute atomic E-state index is 0.000818. The topological polar surface area (TPSA) is 64.3 Å². The molecule has 3 N–H and O–H groups in total. The molecule has 0 saturated heterocycles. The molecular weight excluding hydrogens is 288 g/mol. The van der Waals surface area contributed by atoms with Crippen LogP contribution in [0.5, 0.6) is 5.75 Å². The Morgan fingerprint density at radius 1 is 1.43 bits per heavy atom. The lowest BCUT2D eigenvalue weighted by atomic mass is 9.85. The summed E-state index contributed by atoms with van der Waals surface area (Å²) in [6.07, 6.45) is 3.75. The van der Waals surface area contributed by atoms with Crippen LogP contribution >= 0.6 is 11.6 Å². The Morgan fingerprint density at radius 2 is 2.19 bits per heavy atom. The number of hydrogen-bond acceptors (Lipinski definition) is 3. The normalized spacial score (nSPS) is 22.1. The molecule has 1 fully saturated rings. The van der Waals surface area contributed by atoms with Crippen LogP contribution in [0.25, 0.3) is 0 Å². The quantitative estimate of drug-likeness (QED) is 0.893. The van der Waals surface area contributed by atoms with E-state index in [1.54, 1.807) is 12.1 Å². The Labute approximate surface area is 131 Å². The fourth-order valence-corrected chi connectivity index (χ4v) is 2.86. The maximum atomic E-state index is 12.2. The van der Waals surface area contributed by atoms with Crippen molar-refractivity contribution in [2.45, 2.75) is 51.7 Å². The summed E-state index contributed by atoms with van der Waals surface area (Å²) in [5.41, 5.74) is 6.62. The van der Waals surface area contributed by atoms with Gasteiger partial charge in [-0.15, -0.1) is 0 Å². The molecule has 1 aromatic carbocycles. The number of nitrogens with one attached hydrogen (secondary N) is 1. The van der Waals surface area contributed by atoms with Crippen LogP contribution in [0.3, 0.4) is 0 Å². The Hall–Kier alpha value is -1.26. The highest BCUT2D eigenvalue weighted by Gasteiger charge is 2.25. The van der Waals surface area contributed by atoms with E-state index in [0.717, 1.165) is 25.7 Å². The molecule has 1 saturated carbocycles. The van der Waals surface area contributed by atoms with Crippen LogP contribution < -0.4 is 15.8 Å². The van der Waals surface area contributed by atoms with Crippen molar-refractivity contribution >= 4 is 23.2 Å². The molecule has 0 bridgehead atoms. The van der Waals surface area contributed by atoms with E-state index in [1.807, 2.05) is 19.9 Å². The Kier molecular flexibility index (Phi) is 5.48. The molecule has 0 heterocycles. The van der Waals surface area contributed by atoms with Gasteiger partial charge in [0, 0.05) is 17.6 Å². The van der Waals surface area contributed by atoms with Crippen molar-refractivity contribution in [2.75, 3.05) is 5.32 Å². The summed E-state index contributed by atoms with van der Waals surface area (Å²) in [6, 6.07) is 5.45. The number of rotatable bonds is 4. The monoisotopic (exact) mass is 310 g/mol. The first kappa shape index (κ1) is 16.1. The first-order valence-corrected chi connectivity index (χ1v) is 7.86. The van der Waals surface area contributed by atoms with E-state index in [0.29, 0.717) is 16.5 Å². The highest BCUT2D eigenvalue weighted by atomic mass is 35.5. The second kappa shape index (κ2) is 7.14. The molecule has 21 heavy (non-hydrogen) atoms. The van der Waals surface area contributed by atoms with Crippen LogP contribution in [0.2, 0.25) is 5.02 Å². The van der Waals surface area contributed by atoms with Gasteiger partial charge in [-0.05, 0) is 51.3 Å². The second-order valence-electron chi connectivity index (χ2n) is 5.92. The number of hydrogen-bond donors (Lipinski definition) is 2. The standard InChI is InChI=1S/C16H23ClN2O2/c1-10(2)21-15-7-6-13(9-14(15)17)19-16(20)11-4-3-5-12(18)8-11/h6-7,9-12H,3-5,8,18H2,1-2H3,(H,19,20). The number of halogens is 1. The fourth-order valence-electron chi connectivity index (χ4n) is 2.64. The molecule has 5 heteroatoms. The number of nitrogens with two attached hydrogens (primary N) is 1. The SMILES string of the molecule is CC(C)Oc1ccc(NC(=O)C2CCCC(N)C2)cc1Cl. The fraction of sp³-hybridized carbons (Fsp3) is 0.562. The van der Waals surface area contributed by atoms with Gasteiger partial charge in [0.25, 0.3) is 0 Å². The summed E-state index contributed by atoms with van der Waals surface area (Å²) in [6.45, 7) is 3.89. The summed E-state index contributed by atoms with van der Waals surface area (Å²) in [4.78, 5) is 12.2. The highest BCUT2D eigenvalue weighted by Crippen LogP contribution is 2.30. The van der Waals surface area contributed by atoms with Crippen molar-refractivity contribution in [1.82, 2.24) is 0 Å². The van der Waals surface area contributed by atoms with Gasteiger partial charge in [-0.25, -0.2) is 0 Å². The van der Waals surface area contributed by atoms with E-state index in [-0.39, 0.29) is 24.0 Å². The molecule has 2 unspecified atom stereocenters. The zero-order chi connectivity index (χ0) is 15.4. The molecule has 2 rings (SSSR count). The van der Waals surface area contributed by atoms with Gasteiger partial charge >= 0.3 is 0 Å². The van der Waals surface area contributed by atoms with Gasteiger partial charge < -0.3 is 15.8 Å². The summed E-state index contributed by atoms with van der Waals surface area (Å²) in [5, 5.41) is 3.42. The molecule has 1 aliphatic carbocycles. The Morgan fingerprint density at radius 3 is 2.81 bits per heavy atom. The van der Waals surface area contributed by atoms with Crippen LogP contribution in [-0.2, 0) is 4.79 Å². The summed E-state index contributed by atoms with van der Waals surface area (Å²) in [5.74, 6) is 0.655. The number of carbonyl (C=O) groups excluding carboxylic acids is 1. The van der Waals surface area contributed by atoms with E-state index < -0.39 is 0 Å². The number of benzene rings is 1. The van der Waals surface area contributed by atoms with Crippen molar-refractivity contribution in [1.29, 1.82) is 0 Å². The number of carbonyl (C=O) groups is 1.